The molecular formula is C13H20N4O2S. The zero-order valence-electron chi connectivity index (χ0n) is 11.5. The molecule has 1 aromatic carbocycles. The van der Waals surface area contributed by atoms with Gasteiger partial charge in [-0.05, 0) is 37.1 Å². The highest BCUT2D eigenvalue weighted by Gasteiger charge is 2.28. The Morgan fingerprint density at radius 3 is 2.25 bits per heavy atom. The van der Waals surface area contributed by atoms with E-state index in [1.165, 1.54) is 8.61 Å². The number of nitrogens with two attached hydrogens (primary N) is 1. The molecule has 1 fully saturated rings. The van der Waals surface area contributed by atoms with Crippen molar-refractivity contribution >= 4 is 21.7 Å². The highest BCUT2D eigenvalue weighted by atomic mass is 32.2. The van der Waals surface area contributed by atoms with Crippen molar-refractivity contribution in [1.82, 2.24) is 4.31 Å². The second-order valence-electron chi connectivity index (χ2n) is 4.90. The van der Waals surface area contributed by atoms with E-state index in [9.17, 15) is 8.42 Å². The van der Waals surface area contributed by atoms with Gasteiger partial charge < -0.3 is 5.73 Å². The number of amidine groups is 1. The normalized spacial score (nSPS) is 16.9. The Kier molecular flexibility index (Phi) is 4.29. The van der Waals surface area contributed by atoms with E-state index in [1.807, 2.05) is 0 Å². The molecule has 0 aliphatic carbocycles. The van der Waals surface area contributed by atoms with E-state index in [-0.39, 0.29) is 5.84 Å². The molecule has 0 atom stereocenters. The number of hydrogen-bond acceptors (Lipinski definition) is 3. The molecule has 7 heteroatoms. The van der Waals surface area contributed by atoms with Crippen molar-refractivity contribution in [3.05, 3.63) is 29.8 Å². The Hall–Kier alpha value is -1.60. The molecule has 110 valence electrons. The first-order valence-electron chi connectivity index (χ1n) is 6.61. The van der Waals surface area contributed by atoms with Crippen LogP contribution in [0.2, 0.25) is 0 Å². The fourth-order valence-electron chi connectivity index (χ4n) is 2.25. The molecule has 2 rings (SSSR count). The summed E-state index contributed by atoms with van der Waals surface area (Å²) >= 11 is 0. The van der Waals surface area contributed by atoms with E-state index in [4.69, 9.17) is 11.1 Å². The predicted molar refractivity (Wildman–Crippen MR) is 80.2 cm³/mol. The van der Waals surface area contributed by atoms with Gasteiger partial charge in [-0.2, -0.15) is 12.7 Å². The summed E-state index contributed by atoms with van der Waals surface area (Å²) in [5.41, 5.74) is 6.54. The predicted octanol–water partition coefficient (Wildman–Crippen LogP) is 1.14. The molecule has 1 aromatic rings. The van der Waals surface area contributed by atoms with Crippen molar-refractivity contribution < 1.29 is 8.42 Å². The van der Waals surface area contributed by atoms with Gasteiger partial charge in [0.25, 0.3) is 0 Å². The van der Waals surface area contributed by atoms with E-state index in [0.717, 1.165) is 19.3 Å². The standard InChI is InChI=1S/C13H20N4O2S/c1-16(12-7-5-11(6-8-12)13(14)15)20(18,19)17-9-3-2-4-10-17/h5-8H,2-4,9-10H2,1H3,(H3,14,15). The molecule has 0 unspecified atom stereocenters. The van der Waals surface area contributed by atoms with Crippen molar-refractivity contribution in [2.24, 2.45) is 5.73 Å². The lowest BCUT2D eigenvalue weighted by atomic mass is 10.2. The quantitative estimate of drug-likeness (QED) is 0.645. The van der Waals surface area contributed by atoms with Gasteiger partial charge in [0.1, 0.15) is 5.84 Å². The van der Waals surface area contributed by atoms with Crippen LogP contribution in [0.5, 0.6) is 0 Å². The summed E-state index contributed by atoms with van der Waals surface area (Å²) in [6, 6.07) is 6.64. The maximum atomic E-state index is 12.5. The fourth-order valence-corrected chi connectivity index (χ4v) is 3.71. The third-order valence-electron chi connectivity index (χ3n) is 3.53. The molecule has 0 saturated carbocycles. The summed E-state index contributed by atoms with van der Waals surface area (Å²) < 4.78 is 27.8. The molecule has 0 spiro atoms. The third-order valence-corrected chi connectivity index (χ3v) is 5.45. The van der Waals surface area contributed by atoms with Crippen LogP contribution in [-0.4, -0.2) is 38.7 Å². The van der Waals surface area contributed by atoms with Crippen LogP contribution in [0.1, 0.15) is 24.8 Å². The highest BCUT2D eigenvalue weighted by Crippen LogP contribution is 2.21. The smallest absolute Gasteiger partial charge is 0.303 e. The molecule has 0 amide bonds. The van der Waals surface area contributed by atoms with Gasteiger partial charge >= 0.3 is 10.2 Å². The van der Waals surface area contributed by atoms with E-state index in [2.05, 4.69) is 0 Å². The Balaban J connectivity index is 2.20. The maximum Gasteiger partial charge on any atom is 0.303 e. The Morgan fingerprint density at radius 1 is 1.20 bits per heavy atom. The molecule has 1 heterocycles. The summed E-state index contributed by atoms with van der Waals surface area (Å²) in [4.78, 5) is 0. The van der Waals surface area contributed by atoms with E-state index in [0.29, 0.717) is 24.3 Å². The first kappa shape index (κ1) is 14.8. The number of piperidine rings is 1. The molecule has 20 heavy (non-hydrogen) atoms. The van der Waals surface area contributed by atoms with Crippen LogP contribution in [0, 0.1) is 5.41 Å². The van der Waals surface area contributed by atoms with Crippen LogP contribution in [-0.2, 0) is 10.2 Å². The lowest BCUT2D eigenvalue weighted by Gasteiger charge is -2.31. The molecule has 0 aromatic heterocycles. The average Bonchev–Trinajstić information content (AvgIpc) is 2.47. The second-order valence-corrected chi connectivity index (χ2v) is 6.86. The molecule has 6 nitrogen and oxygen atoms in total. The van der Waals surface area contributed by atoms with Crippen LogP contribution in [0.25, 0.3) is 0 Å². The summed E-state index contributed by atoms with van der Waals surface area (Å²) in [6.07, 6.45) is 2.91. The Morgan fingerprint density at radius 2 is 1.75 bits per heavy atom. The van der Waals surface area contributed by atoms with E-state index >= 15 is 0 Å². The molecule has 0 bridgehead atoms. The van der Waals surface area contributed by atoms with Gasteiger partial charge in [0.15, 0.2) is 0 Å². The first-order valence-corrected chi connectivity index (χ1v) is 8.01. The van der Waals surface area contributed by atoms with Gasteiger partial charge in [-0.3, -0.25) is 9.71 Å². The van der Waals surface area contributed by atoms with Crippen LogP contribution < -0.4 is 10.0 Å². The first-order chi connectivity index (χ1) is 9.43. The highest BCUT2D eigenvalue weighted by molar-refractivity contribution is 7.90. The minimum atomic E-state index is -3.47. The summed E-state index contributed by atoms with van der Waals surface area (Å²) in [5, 5.41) is 7.33. The summed E-state index contributed by atoms with van der Waals surface area (Å²) in [7, 11) is -1.92. The number of anilines is 1. The largest absolute Gasteiger partial charge is 0.384 e. The lowest BCUT2D eigenvalue weighted by Crippen LogP contribution is -2.44. The van der Waals surface area contributed by atoms with E-state index < -0.39 is 10.2 Å². The third kappa shape index (κ3) is 2.94. The topological polar surface area (TPSA) is 90.5 Å². The minimum absolute atomic E-state index is 0.0295. The van der Waals surface area contributed by atoms with Crippen molar-refractivity contribution in [3.63, 3.8) is 0 Å². The molecule has 1 aliphatic rings. The summed E-state index contributed by atoms with van der Waals surface area (Å²) in [5.74, 6) is -0.0295. The number of hydrogen-bond donors (Lipinski definition) is 2. The second kappa shape index (κ2) is 5.80. The number of nitrogen functional groups attached to an aromatic ring is 1. The molecule has 1 saturated heterocycles. The molecule has 3 N–H and O–H groups in total. The van der Waals surface area contributed by atoms with Crippen LogP contribution in [0.3, 0.4) is 0 Å². The van der Waals surface area contributed by atoms with Gasteiger partial charge in [0, 0.05) is 25.7 Å². The molecule has 0 radical (unpaired) electrons. The monoisotopic (exact) mass is 296 g/mol. The van der Waals surface area contributed by atoms with Crippen LogP contribution in [0.15, 0.2) is 24.3 Å². The summed E-state index contributed by atoms with van der Waals surface area (Å²) in [6.45, 7) is 1.16. The SMILES string of the molecule is CN(c1ccc(C(=N)N)cc1)S(=O)(=O)N1CCCCC1. The minimum Gasteiger partial charge on any atom is -0.384 e. The molecular weight excluding hydrogens is 276 g/mol. The van der Waals surface area contributed by atoms with Crippen molar-refractivity contribution in [1.29, 1.82) is 5.41 Å². The van der Waals surface area contributed by atoms with Crippen LogP contribution in [0.4, 0.5) is 5.69 Å². The number of benzene rings is 1. The van der Waals surface area contributed by atoms with Gasteiger partial charge in [0.05, 0.1) is 5.69 Å². The Bertz CT molecular complexity index is 577. The number of nitrogens with zero attached hydrogens (tertiary/aromatic N) is 2. The van der Waals surface area contributed by atoms with Crippen molar-refractivity contribution in [2.75, 3.05) is 24.4 Å². The fraction of sp³-hybridized carbons (Fsp3) is 0.462. The Labute approximate surface area is 119 Å². The van der Waals surface area contributed by atoms with Gasteiger partial charge in [-0.25, -0.2) is 0 Å². The number of nitrogens with one attached hydrogen (secondary N) is 1. The molecule has 1 aliphatic heterocycles. The lowest BCUT2D eigenvalue weighted by molar-refractivity contribution is 0.346. The zero-order valence-corrected chi connectivity index (χ0v) is 12.4. The average molecular weight is 296 g/mol. The van der Waals surface area contributed by atoms with Crippen molar-refractivity contribution in [2.45, 2.75) is 19.3 Å². The van der Waals surface area contributed by atoms with Gasteiger partial charge in [0.2, 0.25) is 0 Å². The van der Waals surface area contributed by atoms with Gasteiger partial charge in [-0.15, -0.1) is 0 Å². The zero-order chi connectivity index (χ0) is 14.8. The van der Waals surface area contributed by atoms with Crippen molar-refractivity contribution in [3.8, 4) is 0 Å². The van der Waals surface area contributed by atoms with Crippen LogP contribution >= 0.6 is 0 Å². The van der Waals surface area contributed by atoms with E-state index in [1.54, 1.807) is 31.3 Å². The number of rotatable bonds is 4. The maximum absolute atomic E-state index is 12.5. The van der Waals surface area contributed by atoms with Gasteiger partial charge in [-0.1, -0.05) is 6.42 Å².